The van der Waals surface area contributed by atoms with Crippen LogP contribution in [0.3, 0.4) is 0 Å². The van der Waals surface area contributed by atoms with E-state index in [9.17, 15) is 0 Å². The number of likely N-dealkylation sites (N-methyl/N-ethyl adjacent to an activating group) is 1. The lowest BCUT2D eigenvalue weighted by atomic mass is 10.0. The molecule has 3 rings (SSSR count). The average Bonchev–Trinajstić information content (AvgIpc) is 2.82. The number of hydrogen-bond acceptors (Lipinski definition) is 4. The molecule has 2 heterocycles. The molecule has 1 fully saturated rings. The third-order valence-corrected chi connectivity index (χ3v) is 4.58. The normalized spacial score (nSPS) is 20.8. The highest BCUT2D eigenvalue weighted by Crippen LogP contribution is 2.25. The summed E-state index contributed by atoms with van der Waals surface area (Å²) in [7, 11) is 4.12. The van der Waals surface area contributed by atoms with Gasteiger partial charge in [-0.15, -0.1) is 0 Å². The Balaban J connectivity index is 1.85. The Kier molecular flexibility index (Phi) is 4.19. The number of piperazine rings is 1. The smallest absolute Gasteiger partial charge is 0.198 e. The van der Waals surface area contributed by atoms with Crippen molar-refractivity contribution >= 4 is 12.2 Å². The molecule has 112 valence electrons. The molecule has 5 nitrogen and oxygen atoms in total. The quantitative estimate of drug-likeness (QED) is 0.810. The molecule has 0 N–H and O–H groups in total. The summed E-state index contributed by atoms with van der Waals surface area (Å²) >= 11 is 5.40. The SMILES string of the molecule is CN1CCN(Cn2ncn(C)c2=S)[C@@H](c2ccccc2)C1. The standard InChI is InChI=1S/C15H21N5S/c1-17-8-9-19(12-20-15(21)18(2)11-16-20)14(10-17)13-6-4-3-5-7-13/h3-7,11,14H,8-10,12H2,1-2H3/t14-/m1/s1. The van der Waals surface area contributed by atoms with Gasteiger partial charge in [-0.25, -0.2) is 4.68 Å². The zero-order chi connectivity index (χ0) is 14.8. The highest BCUT2D eigenvalue weighted by molar-refractivity contribution is 7.71. The van der Waals surface area contributed by atoms with E-state index in [0.717, 1.165) is 31.1 Å². The fourth-order valence-corrected chi connectivity index (χ4v) is 2.96. The summed E-state index contributed by atoms with van der Waals surface area (Å²) < 4.78 is 4.54. The Morgan fingerprint density at radius 3 is 2.62 bits per heavy atom. The fraction of sp³-hybridized carbons (Fsp3) is 0.467. The molecule has 0 radical (unpaired) electrons. The molecular formula is C15H21N5S. The predicted molar refractivity (Wildman–Crippen MR) is 85.4 cm³/mol. The van der Waals surface area contributed by atoms with Crippen LogP contribution in [0.4, 0.5) is 0 Å². The Hall–Kier alpha value is -1.50. The molecule has 0 spiro atoms. The highest BCUT2D eigenvalue weighted by Gasteiger charge is 2.26. The van der Waals surface area contributed by atoms with E-state index < -0.39 is 0 Å². The molecular weight excluding hydrogens is 282 g/mol. The molecule has 0 unspecified atom stereocenters. The number of aryl methyl sites for hydroxylation is 1. The van der Waals surface area contributed by atoms with E-state index in [-0.39, 0.29) is 0 Å². The van der Waals surface area contributed by atoms with Gasteiger partial charge in [0.15, 0.2) is 4.77 Å². The van der Waals surface area contributed by atoms with E-state index in [1.165, 1.54) is 5.56 Å². The van der Waals surface area contributed by atoms with Gasteiger partial charge in [-0.3, -0.25) is 4.90 Å². The van der Waals surface area contributed by atoms with E-state index in [0.29, 0.717) is 6.04 Å². The Morgan fingerprint density at radius 1 is 1.19 bits per heavy atom. The van der Waals surface area contributed by atoms with Crippen molar-refractivity contribution in [1.29, 1.82) is 0 Å². The molecule has 1 atom stereocenters. The van der Waals surface area contributed by atoms with Gasteiger partial charge in [-0.05, 0) is 24.8 Å². The molecule has 1 saturated heterocycles. The van der Waals surface area contributed by atoms with Crippen molar-refractivity contribution in [3.63, 3.8) is 0 Å². The summed E-state index contributed by atoms with van der Waals surface area (Å²) in [6.45, 7) is 3.87. The second-order valence-corrected chi connectivity index (χ2v) is 6.03. The fourth-order valence-electron chi connectivity index (χ4n) is 2.81. The maximum absolute atomic E-state index is 5.40. The molecule has 0 saturated carbocycles. The van der Waals surface area contributed by atoms with Crippen LogP contribution in [0.1, 0.15) is 11.6 Å². The second-order valence-electron chi connectivity index (χ2n) is 5.67. The first kappa shape index (κ1) is 14.4. The van der Waals surface area contributed by atoms with Crippen LogP contribution in [0.5, 0.6) is 0 Å². The molecule has 1 aliphatic heterocycles. The molecule has 0 bridgehead atoms. The second kappa shape index (κ2) is 6.09. The van der Waals surface area contributed by atoms with Crippen LogP contribution in [0.2, 0.25) is 0 Å². The highest BCUT2D eigenvalue weighted by atomic mass is 32.1. The van der Waals surface area contributed by atoms with Gasteiger partial charge in [0.25, 0.3) is 0 Å². The lowest BCUT2D eigenvalue weighted by molar-refractivity contribution is 0.0582. The summed E-state index contributed by atoms with van der Waals surface area (Å²) in [5.41, 5.74) is 1.35. The van der Waals surface area contributed by atoms with Crippen molar-refractivity contribution in [3.05, 3.63) is 47.0 Å². The van der Waals surface area contributed by atoms with Crippen LogP contribution in [-0.4, -0.2) is 50.8 Å². The summed E-state index contributed by atoms with van der Waals surface area (Å²) in [6, 6.07) is 11.1. The van der Waals surface area contributed by atoms with E-state index in [1.54, 1.807) is 6.33 Å². The van der Waals surface area contributed by atoms with Gasteiger partial charge in [0.1, 0.15) is 6.33 Å². The molecule has 2 aromatic rings. The lowest BCUT2D eigenvalue weighted by Crippen LogP contribution is -2.47. The number of hydrogen-bond donors (Lipinski definition) is 0. The monoisotopic (exact) mass is 303 g/mol. The van der Waals surface area contributed by atoms with E-state index in [2.05, 4.69) is 52.3 Å². The van der Waals surface area contributed by atoms with Crippen molar-refractivity contribution in [1.82, 2.24) is 24.1 Å². The number of benzene rings is 1. The van der Waals surface area contributed by atoms with Crippen molar-refractivity contribution in [2.24, 2.45) is 7.05 Å². The third-order valence-electron chi connectivity index (χ3n) is 4.08. The topological polar surface area (TPSA) is 29.2 Å². The van der Waals surface area contributed by atoms with Gasteiger partial charge in [-0.2, -0.15) is 5.10 Å². The van der Waals surface area contributed by atoms with Crippen LogP contribution in [0, 0.1) is 4.77 Å². The third kappa shape index (κ3) is 3.07. The molecule has 0 aliphatic carbocycles. The molecule has 6 heteroatoms. The molecule has 1 aliphatic rings. The zero-order valence-corrected chi connectivity index (χ0v) is 13.3. The van der Waals surface area contributed by atoms with Crippen LogP contribution in [-0.2, 0) is 13.7 Å². The Bertz CT molecular complexity index is 648. The average molecular weight is 303 g/mol. The van der Waals surface area contributed by atoms with Crippen LogP contribution < -0.4 is 0 Å². The molecule has 21 heavy (non-hydrogen) atoms. The van der Waals surface area contributed by atoms with Gasteiger partial charge in [0.05, 0.1) is 6.67 Å². The van der Waals surface area contributed by atoms with Crippen molar-refractivity contribution in [3.8, 4) is 0 Å². The van der Waals surface area contributed by atoms with E-state index in [1.807, 2.05) is 16.3 Å². The molecule has 1 aromatic carbocycles. The van der Waals surface area contributed by atoms with Crippen LogP contribution in [0.15, 0.2) is 36.7 Å². The van der Waals surface area contributed by atoms with Crippen molar-refractivity contribution < 1.29 is 0 Å². The predicted octanol–water partition coefficient (Wildman–Crippen LogP) is 1.90. The van der Waals surface area contributed by atoms with Gasteiger partial charge in [-0.1, -0.05) is 30.3 Å². The zero-order valence-electron chi connectivity index (χ0n) is 12.5. The Labute approximate surface area is 130 Å². The van der Waals surface area contributed by atoms with Crippen molar-refractivity contribution in [2.75, 3.05) is 26.7 Å². The molecule has 1 aromatic heterocycles. The number of nitrogens with zero attached hydrogens (tertiary/aromatic N) is 5. The first-order valence-corrected chi connectivity index (χ1v) is 7.62. The molecule has 0 amide bonds. The summed E-state index contributed by atoms with van der Waals surface area (Å²) in [6.07, 6.45) is 1.77. The minimum atomic E-state index is 0.383. The minimum absolute atomic E-state index is 0.383. The number of aromatic nitrogens is 3. The first-order chi connectivity index (χ1) is 10.1. The summed E-state index contributed by atoms with van der Waals surface area (Å²) in [5.74, 6) is 0. The van der Waals surface area contributed by atoms with Gasteiger partial charge in [0, 0.05) is 32.7 Å². The maximum Gasteiger partial charge on any atom is 0.198 e. The van der Waals surface area contributed by atoms with Gasteiger partial charge >= 0.3 is 0 Å². The minimum Gasteiger partial charge on any atom is -0.310 e. The van der Waals surface area contributed by atoms with Crippen LogP contribution >= 0.6 is 12.2 Å². The van der Waals surface area contributed by atoms with Crippen LogP contribution in [0.25, 0.3) is 0 Å². The summed E-state index contributed by atoms with van der Waals surface area (Å²) in [4.78, 5) is 4.84. The lowest BCUT2D eigenvalue weighted by Gasteiger charge is -2.40. The maximum atomic E-state index is 5.40. The Morgan fingerprint density at radius 2 is 1.95 bits per heavy atom. The number of rotatable bonds is 3. The summed E-state index contributed by atoms with van der Waals surface area (Å²) in [5, 5.41) is 4.38. The van der Waals surface area contributed by atoms with Gasteiger partial charge < -0.3 is 9.47 Å². The van der Waals surface area contributed by atoms with Gasteiger partial charge in [0.2, 0.25) is 0 Å². The first-order valence-electron chi connectivity index (χ1n) is 7.21. The van der Waals surface area contributed by atoms with Crippen molar-refractivity contribution in [2.45, 2.75) is 12.7 Å². The van der Waals surface area contributed by atoms with E-state index in [4.69, 9.17) is 12.2 Å². The largest absolute Gasteiger partial charge is 0.310 e. The van der Waals surface area contributed by atoms with E-state index >= 15 is 0 Å².